The third kappa shape index (κ3) is 3.39. The van der Waals surface area contributed by atoms with Crippen molar-refractivity contribution in [2.24, 2.45) is 5.73 Å². The summed E-state index contributed by atoms with van der Waals surface area (Å²) >= 11 is 0. The first-order chi connectivity index (χ1) is 9.28. The Kier molecular flexibility index (Phi) is 5.05. The Morgan fingerprint density at radius 1 is 1.05 bits per heavy atom. The van der Waals surface area contributed by atoms with Crippen molar-refractivity contribution < 1.29 is 9.47 Å². The molecule has 1 aliphatic heterocycles. The monoisotopic (exact) mass is 264 g/mol. The van der Waals surface area contributed by atoms with Gasteiger partial charge in [0.2, 0.25) is 0 Å². The molecule has 1 fully saturated rings. The summed E-state index contributed by atoms with van der Waals surface area (Å²) in [6.45, 7) is 2.87. The van der Waals surface area contributed by atoms with Crippen molar-refractivity contribution in [3.05, 3.63) is 23.8 Å². The highest BCUT2D eigenvalue weighted by Gasteiger charge is 2.22. The highest BCUT2D eigenvalue weighted by molar-refractivity contribution is 5.40. The van der Waals surface area contributed by atoms with E-state index in [0.717, 1.165) is 24.6 Å². The standard InChI is InChI=1S/C15H24N2O2/c1-18-13-8-12(9-14(10-13)19-2)15(11-16)17-6-4-3-5-7-17/h8-10,15H,3-7,11,16H2,1-2H3/t15-/m0/s1. The molecule has 0 saturated carbocycles. The van der Waals surface area contributed by atoms with Gasteiger partial charge in [-0.3, -0.25) is 4.90 Å². The third-order valence-corrected chi connectivity index (χ3v) is 3.81. The number of ether oxygens (including phenoxy) is 2. The van der Waals surface area contributed by atoms with Gasteiger partial charge in [0.15, 0.2) is 0 Å². The molecule has 0 unspecified atom stereocenters. The fourth-order valence-electron chi connectivity index (χ4n) is 2.75. The van der Waals surface area contributed by atoms with Gasteiger partial charge in [0.05, 0.1) is 14.2 Å². The van der Waals surface area contributed by atoms with Gasteiger partial charge in [0.25, 0.3) is 0 Å². The molecule has 4 heteroatoms. The van der Waals surface area contributed by atoms with Crippen LogP contribution < -0.4 is 15.2 Å². The van der Waals surface area contributed by atoms with Crippen molar-refractivity contribution in [1.29, 1.82) is 0 Å². The molecule has 0 radical (unpaired) electrons. The van der Waals surface area contributed by atoms with Gasteiger partial charge < -0.3 is 15.2 Å². The maximum atomic E-state index is 6.00. The Morgan fingerprint density at radius 2 is 1.63 bits per heavy atom. The fraction of sp³-hybridized carbons (Fsp3) is 0.600. The van der Waals surface area contributed by atoms with Gasteiger partial charge in [-0.1, -0.05) is 6.42 Å². The van der Waals surface area contributed by atoms with E-state index in [4.69, 9.17) is 15.2 Å². The largest absolute Gasteiger partial charge is 0.497 e. The molecule has 106 valence electrons. The number of hydrogen-bond donors (Lipinski definition) is 1. The second kappa shape index (κ2) is 6.78. The van der Waals surface area contributed by atoms with E-state index in [1.165, 1.54) is 24.8 Å². The van der Waals surface area contributed by atoms with Gasteiger partial charge in [-0.05, 0) is 43.6 Å². The van der Waals surface area contributed by atoms with E-state index in [-0.39, 0.29) is 6.04 Å². The number of piperidine rings is 1. The van der Waals surface area contributed by atoms with E-state index in [1.54, 1.807) is 14.2 Å². The molecule has 19 heavy (non-hydrogen) atoms. The van der Waals surface area contributed by atoms with Crippen LogP contribution in [0.5, 0.6) is 11.5 Å². The molecular weight excluding hydrogens is 240 g/mol. The molecule has 1 saturated heterocycles. The molecule has 1 aliphatic rings. The summed E-state index contributed by atoms with van der Waals surface area (Å²) in [5.74, 6) is 1.65. The van der Waals surface area contributed by atoms with Crippen molar-refractivity contribution >= 4 is 0 Å². The number of likely N-dealkylation sites (tertiary alicyclic amines) is 1. The molecule has 0 spiro atoms. The molecule has 2 rings (SSSR count). The SMILES string of the molecule is COc1cc(OC)cc([C@H](CN)N2CCCCC2)c1. The number of rotatable bonds is 5. The quantitative estimate of drug-likeness (QED) is 0.885. The maximum absolute atomic E-state index is 6.00. The third-order valence-electron chi connectivity index (χ3n) is 3.81. The Morgan fingerprint density at radius 3 is 2.11 bits per heavy atom. The predicted molar refractivity (Wildman–Crippen MR) is 76.8 cm³/mol. The lowest BCUT2D eigenvalue weighted by Crippen LogP contribution is -2.37. The smallest absolute Gasteiger partial charge is 0.122 e. The van der Waals surface area contributed by atoms with Crippen LogP contribution in [0.4, 0.5) is 0 Å². The molecule has 1 atom stereocenters. The average Bonchev–Trinajstić information content (AvgIpc) is 2.48. The Bertz CT molecular complexity index is 381. The number of nitrogens with two attached hydrogens (primary N) is 1. The zero-order chi connectivity index (χ0) is 13.7. The summed E-state index contributed by atoms with van der Waals surface area (Å²) < 4.78 is 10.7. The molecule has 0 aromatic heterocycles. The van der Waals surface area contributed by atoms with E-state index in [1.807, 2.05) is 6.07 Å². The lowest BCUT2D eigenvalue weighted by molar-refractivity contribution is 0.167. The van der Waals surface area contributed by atoms with Crippen LogP contribution in [-0.4, -0.2) is 38.8 Å². The summed E-state index contributed by atoms with van der Waals surface area (Å²) in [6, 6.07) is 6.28. The summed E-state index contributed by atoms with van der Waals surface area (Å²) in [5.41, 5.74) is 7.18. The first-order valence-corrected chi connectivity index (χ1v) is 6.95. The van der Waals surface area contributed by atoms with Crippen molar-refractivity contribution in [3.8, 4) is 11.5 Å². The van der Waals surface area contributed by atoms with Gasteiger partial charge in [0.1, 0.15) is 11.5 Å². The van der Waals surface area contributed by atoms with E-state index < -0.39 is 0 Å². The van der Waals surface area contributed by atoms with Crippen molar-refractivity contribution in [3.63, 3.8) is 0 Å². The minimum Gasteiger partial charge on any atom is -0.497 e. The molecule has 0 bridgehead atoms. The van der Waals surface area contributed by atoms with E-state index in [9.17, 15) is 0 Å². The van der Waals surface area contributed by atoms with Crippen LogP contribution in [0.15, 0.2) is 18.2 Å². The van der Waals surface area contributed by atoms with E-state index >= 15 is 0 Å². The van der Waals surface area contributed by atoms with Crippen molar-refractivity contribution in [1.82, 2.24) is 4.90 Å². The van der Waals surface area contributed by atoms with Gasteiger partial charge in [-0.15, -0.1) is 0 Å². The maximum Gasteiger partial charge on any atom is 0.122 e. The minimum atomic E-state index is 0.254. The van der Waals surface area contributed by atoms with Crippen LogP contribution in [0.3, 0.4) is 0 Å². The molecule has 1 aromatic rings. The summed E-state index contributed by atoms with van der Waals surface area (Å²) in [7, 11) is 3.35. The first kappa shape index (κ1) is 14.2. The highest BCUT2D eigenvalue weighted by Crippen LogP contribution is 2.30. The zero-order valence-corrected chi connectivity index (χ0v) is 11.9. The van der Waals surface area contributed by atoms with Crippen LogP contribution in [-0.2, 0) is 0 Å². The minimum absolute atomic E-state index is 0.254. The van der Waals surface area contributed by atoms with E-state index in [0.29, 0.717) is 6.54 Å². The zero-order valence-electron chi connectivity index (χ0n) is 11.9. The topological polar surface area (TPSA) is 47.7 Å². The second-order valence-corrected chi connectivity index (χ2v) is 4.99. The Balaban J connectivity index is 2.25. The van der Waals surface area contributed by atoms with Gasteiger partial charge in [-0.2, -0.15) is 0 Å². The van der Waals surface area contributed by atoms with Crippen LogP contribution in [0, 0.1) is 0 Å². The molecule has 2 N–H and O–H groups in total. The summed E-state index contributed by atoms with van der Waals surface area (Å²) in [4.78, 5) is 2.47. The van der Waals surface area contributed by atoms with Crippen LogP contribution >= 0.6 is 0 Å². The number of methoxy groups -OCH3 is 2. The average molecular weight is 264 g/mol. The van der Waals surface area contributed by atoms with Gasteiger partial charge in [0, 0.05) is 18.7 Å². The van der Waals surface area contributed by atoms with Crippen molar-refractivity contribution in [2.75, 3.05) is 33.9 Å². The van der Waals surface area contributed by atoms with Crippen LogP contribution in [0.1, 0.15) is 30.9 Å². The number of nitrogens with zero attached hydrogens (tertiary/aromatic N) is 1. The normalized spacial score (nSPS) is 18.1. The first-order valence-electron chi connectivity index (χ1n) is 6.95. The van der Waals surface area contributed by atoms with Gasteiger partial charge >= 0.3 is 0 Å². The van der Waals surface area contributed by atoms with Crippen LogP contribution in [0.25, 0.3) is 0 Å². The molecule has 1 heterocycles. The van der Waals surface area contributed by atoms with Crippen molar-refractivity contribution in [2.45, 2.75) is 25.3 Å². The fourth-order valence-corrected chi connectivity index (χ4v) is 2.75. The molecule has 4 nitrogen and oxygen atoms in total. The Labute approximate surface area is 115 Å². The molecule has 0 amide bonds. The molecular formula is C15H24N2O2. The Hall–Kier alpha value is -1.26. The second-order valence-electron chi connectivity index (χ2n) is 4.99. The molecule has 0 aliphatic carbocycles. The number of benzene rings is 1. The lowest BCUT2D eigenvalue weighted by atomic mass is 10.0. The predicted octanol–water partition coefficient (Wildman–Crippen LogP) is 2.19. The summed E-state index contributed by atoms with van der Waals surface area (Å²) in [5, 5.41) is 0. The lowest BCUT2D eigenvalue weighted by Gasteiger charge is -2.34. The molecule has 1 aromatic carbocycles. The summed E-state index contributed by atoms with van der Waals surface area (Å²) in [6.07, 6.45) is 3.85. The van der Waals surface area contributed by atoms with Crippen LogP contribution in [0.2, 0.25) is 0 Å². The number of hydrogen-bond acceptors (Lipinski definition) is 4. The highest BCUT2D eigenvalue weighted by atomic mass is 16.5. The van der Waals surface area contributed by atoms with E-state index in [2.05, 4.69) is 17.0 Å². The van der Waals surface area contributed by atoms with Gasteiger partial charge in [-0.25, -0.2) is 0 Å².